The fraction of sp³-hybridized carbons (Fsp3) is 0.909. The Bertz CT molecular complexity index is 227. The van der Waals surface area contributed by atoms with Crippen molar-refractivity contribution in [3.63, 3.8) is 0 Å². The molecule has 0 aromatic carbocycles. The molecule has 1 fully saturated rings. The smallest absolute Gasteiger partial charge is 0.242 e. The Morgan fingerprint density at radius 1 is 1.50 bits per heavy atom. The summed E-state index contributed by atoms with van der Waals surface area (Å²) in [7, 11) is 1.63. The van der Waals surface area contributed by atoms with Crippen molar-refractivity contribution in [3.8, 4) is 0 Å². The van der Waals surface area contributed by atoms with E-state index in [9.17, 15) is 4.79 Å². The van der Waals surface area contributed by atoms with Crippen LogP contribution in [0.1, 0.15) is 19.8 Å². The number of carbonyl (C=O) groups is 1. The van der Waals surface area contributed by atoms with Gasteiger partial charge in [-0.05, 0) is 19.8 Å². The number of amides is 1. The van der Waals surface area contributed by atoms with Gasteiger partial charge in [-0.1, -0.05) is 0 Å². The van der Waals surface area contributed by atoms with Gasteiger partial charge in [-0.3, -0.25) is 4.79 Å². The van der Waals surface area contributed by atoms with Crippen LogP contribution in [-0.4, -0.2) is 56.4 Å². The Balaban J connectivity index is 2.58. The lowest BCUT2D eigenvalue weighted by atomic mass is 9.89. The predicted octanol–water partition coefficient (Wildman–Crippen LogP) is -0.0108. The van der Waals surface area contributed by atoms with Crippen LogP contribution in [0.25, 0.3) is 0 Å². The van der Waals surface area contributed by atoms with Crippen LogP contribution in [0.3, 0.4) is 0 Å². The minimum atomic E-state index is -0.734. The molecule has 0 radical (unpaired) electrons. The molecule has 1 amide bonds. The van der Waals surface area contributed by atoms with Crippen LogP contribution in [0.4, 0.5) is 0 Å². The first-order chi connectivity index (χ1) is 7.64. The standard InChI is InChI=1S/C11H22N2O3/c1-3-13(6-9-15-2)10(14)11(12)4-7-16-8-5-11/h3-9,12H2,1-2H3. The number of nitrogens with two attached hydrogens (primary N) is 1. The molecule has 5 nitrogen and oxygen atoms in total. The Labute approximate surface area is 96.9 Å². The molecule has 1 heterocycles. The third kappa shape index (κ3) is 3.17. The average Bonchev–Trinajstić information content (AvgIpc) is 2.31. The summed E-state index contributed by atoms with van der Waals surface area (Å²) in [6, 6.07) is 0. The third-order valence-corrected chi connectivity index (χ3v) is 3.05. The fourth-order valence-electron chi connectivity index (χ4n) is 1.87. The Kier molecular flexibility index (Phi) is 5.18. The predicted molar refractivity (Wildman–Crippen MR) is 61.1 cm³/mol. The topological polar surface area (TPSA) is 64.8 Å². The number of hydrogen-bond donors (Lipinski definition) is 1. The second-order valence-corrected chi connectivity index (χ2v) is 4.15. The van der Waals surface area contributed by atoms with Gasteiger partial charge in [-0.25, -0.2) is 0 Å². The number of carbonyl (C=O) groups excluding carboxylic acids is 1. The number of ether oxygens (including phenoxy) is 2. The molecule has 16 heavy (non-hydrogen) atoms. The highest BCUT2D eigenvalue weighted by Crippen LogP contribution is 2.20. The lowest BCUT2D eigenvalue weighted by molar-refractivity contribution is -0.141. The number of nitrogens with zero attached hydrogens (tertiary/aromatic N) is 1. The van der Waals surface area contributed by atoms with Gasteiger partial charge in [-0.2, -0.15) is 0 Å². The van der Waals surface area contributed by atoms with Crippen molar-refractivity contribution in [1.82, 2.24) is 4.90 Å². The molecule has 94 valence electrons. The van der Waals surface area contributed by atoms with E-state index in [2.05, 4.69) is 0 Å². The van der Waals surface area contributed by atoms with Crippen LogP contribution in [0, 0.1) is 0 Å². The van der Waals surface area contributed by atoms with E-state index in [4.69, 9.17) is 15.2 Å². The number of hydrogen-bond acceptors (Lipinski definition) is 4. The van der Waals surface area contributed by atoms with Crippen molar-refractivity contribution >= 4 is 5.91 Å². The first kappa shape index (κ1) is 13.4. The third-order valence-electron chi connectivity index (χ3n) is 3.05. The highest BCUT2D eigenvalue weighted by molar-refractivity contribution is 5.86. The van der Waals surface area contributed by atoms with Crippen LogP contribution in [0.2, 0.25) is 0 Å². The maximum absolute atomic E-state index is 12.2. The van der Waals surface area contributed by atoms with Crippen molar-refractivity contribution in [2.75, 3.05) is 40.0 Å². The summed E-state index contributed by atoms with van der Waals surface area (Å²) in [6.45, 7) is 4.92. The van der Waals surface area contributed by atoms with E-state index in [-0.39, 0.29) is 5.91 Å². The van der Waals surface area contributed by atoms with Gasteiger partial charge < -0.3 is 20.1 Å². The molecule has 0 aromatic rings. The Morgan fingerprint density at radius 2 is 2.12 bits per heavy atom. The summed E-state index contributed by atoms with van der Waals surface area (Å²) in [6.07, 6.45) is 1.21. The Morgan fingerprint density at radius 3 is 2.62 bits per heavy atom. The Hall–Kier alpha value is -0.650. The quantitative estimate of drug-likeness (QED) is 0.721. The van der Waals surface area contributed by atoms with E-state index in [1.807, 2.05) is 6.92 Å². The first-order valence-electron chi connectivity index (χ1n) is 5.79. The zero-order valence-electron chi connectivity index (χ0n) is 10.2. The molecule has 1 saturated heterocycles. The molecule has 5 heteroatoms. The van der Waals surface area contributed by atoms with Crippen molar-refractivity contribution in [2.24, 2.45) is 5.73 Å². The van der Waals surface area contributed by atoms with E-state index in [1.165, 1.54) is 0 Å². The summed E-state index contributed by atoms with van der Waals surface area (Å²) in [5, 5.41) is 0. The van der Waals surface area contributed by atoms with Gasteiger partial charge in [0.25, 0.3) is 0 Å². The van der Waals surface area contributed by atoms with Crippen molar-refractivity contribution in [2.45, 2.75) is 25.3 Å². The van der Waals surface area contributed by atoms with Gasteiger partial charge in [0, 0.05) is 33.4 Å². The molecule has 1 rings (SSSR count). The lowest BCUT2D eigenvalue weighted by Gasteiger charge is -2.36. The summed E-state index contributed by atoms with van der Waals surface area (Å²) < 4.78 is 10.2. The highest BCUT2D eigenvalue weighted by Gasteiger charge is 2.38. The zero-order valence-corrected chi connectivity index (χ0v) is 10.2. The minimum Gasteiger partial charge on any atom is -0.383 e. The molecule has 1 aliphatic rings. The van der Waals surface area contributed by atoms with Gasteiger partial charge in [0.2, 0.25) is 5.91 Å². The summed E-state index contributed by atoms with van der Waals surface area (Å²) in [4.78, 5) is 14.0. The van der Waals surface area contributed by atoms with Gasteiger partial charge >= 0.3 is 0 Å². The summed E-state index contributed by atoms with van der Waals surface area (Å²) in [5.41, 5.74) is 5.40. The maximum atomic E-state index is 12.2. The second kappa shape index (κ2) is 6.18. The number of likely N-dealkylation sites (N-methyl/N-ethyl adjacent to an activating group) is 1. The molecule has 1 aliphatic heterocycles. The molecule has 2 N–H and O–H groups in total. The highest BCUT2D eigenvalue weighted by atomic mass is 16.5. The van der Waals surface area contributed by atoms with Gasteiger partial charge in [0.15, 0.2) is 0 Å². The summed E-state index contributed by atoms with van der Waals surface area (Å²) in [5.74, 6) is 0.0235. The number of rotatable bonds is 5. The van der Waals surface area contributed by atoms with Crippen LogP contribution in [0.5, 0.6) is 0 Å². The lowest BCUT2D eigenvalue weighted by Crippen LogP contribution is -2.58. The van der Waals surface area contributed by atoms with E-state index in [1.54, 1.807) is 12.0 Å². The first-order valence-corrected chi connectivity index (χ1v) is 5.79. The normalized spacial score (nSPS) is 19.4. The second-order valence-electron chi connectivity index (χ2n) is 4.15. The summed E-state index contributed by atoms with van der Waals surface area (Å²) >= 11 is 0. The van der Waals surface area contributed by atoms with Gasteiger partial charge in [0.1, 0.15) is 0 Å². The molecule has 0 saturated carbocycles. The molecule has 0 bridgehead atoms. The van der Waals surface area contributed by atoms with Crippen LogP contribution < -0.4 is 5.73 Å². The molecular weight excluding hydrogens is 208 g/mol. The molecule has 0 atom stereocenters. The molecule has 0 unspecified atom stereocenters. The van der Waals surface area contributed by atoms with Crippen molar-refractivity contribution in [1.29, 1.82) is 0 Å². The number of methoxy groups -OCH3 is 1. The maximum Gasteiger partial charge on any atom is 0.242 e. The minimum absolute atomic E-state index is 0.0235. The van der Waals surface area contributed by atoms with Crippen molar-refractivity contribution < 1.29 is 14.3 Å². The average molecular weight is 230 g/mol. The van der Waals surface area contributed by atoms with Crippen LogP contribution >= 0.6 is 0 Å². The van der Waals surface area contributed by atoms with Crippen LogP contribution in [0.15, 0.2) is 0 Å². The monoisotopic (exact) mass is 230 g/mol. The van der Waals surface area contributed by atoms with Gasteiger partial charge in [0.05, 0.1) is 12.1 Å². The molecular formula is C11H22N2O3. The van der Waals surface area contributed by atoms with E-state index in [0.717, 1.165) is 0 Å². The molecule has 0 spiro atoms. The van der Waals surface area contributed by atoms with E-state index >= 15 is 0 Å². The zero-order chi connectivity index (χ0) is 12.0. The molecule has 0 aliphatic carbocycles. The van der Waals surface area contributed by atoms with E-state index in [0.29, 0.717) is 45.8 Å². The van der Waals surface area contributed by atoms with Crippen LogP contribution in [-0.2, 0) is 14.3 Å². The van der Waals surface area contributed by atoms with Gasteiger partial charge in [-0.15, -0.1) is 0 Å². The molecule has 0 aromatic heterocycles. The largest absolute Gasteiger partial charge is 0.383 e. The fourth-order valence-corrected chi connectivity index (χ4v) is 1.87. The SMILES string of the molecule is CCN(CCOC)C(=O)C1(N)CCOCC1. The van der Waals surface area contributed by atoms with E-state index < -0.39 is 5.54 Å². The van der Waals surface area contributed by atoms with Crippen molar-refractivity contribution in [3.05, 3.63) is 0 Å².